The van der Waals surface area contributed by atoms with Crippen molar-refractivity contribution in [2.45, 2.75) is 18.9 Å². The van der Waals surface area contributed by atoms with Gasteiger partial charge in [-0.25, -0.2) is 4.68 Å². The van der Waals surface area contributed by atoms with E-state index in [1.54, 1.807) is 0 Å². The van der Waals surface area contributed by atoms with Crippen molar-refractivity contribution < 1.29 is 0 Å². The minimum Gasteiger partial charge on any atom is -0.380 e. The fraction of sp³-hybridized carbons (Fsp3) is 0.312. The number of hydrogen-bond donors (Lipinski definition) is 1. The smallest absolute Gasteiger partial charge is 0.0876 e. The van der Waals surface area contributed by atoms with Crippen molar-refractivity contribution in [1.82, 2.24) is 9.78 Å². The average molecular weight is 251 g/mol. The highest BCUT2D eigenvalue weighted by molar-refractivity contribution is 5.61. The summed E-state index contributed by atoms with van der Waals surface area (Å²) in [6.07, 6.45) is 11.1. The summed E-state index contributed by atoms with van der Waals surface area (Å²) in [6.45, 7) is 0. The summed E-state index contributed by atoms with van der Waals surface area (Å²) in [7, 11) is 0. The Bertz CT molecular complexity index is 600. The molecule has 0 aliphatic heterocycles. The molecular formula is C16H17N3. The predicted octanol–water partition coefficient (Wildman–Crippen LogP) is 3.25. The van der Waals surface area contributed by atoms with Crippen LogP contribution >= 0.6 is 0 Å². The highest BCUT2D eigenvalue weighted by atomic mass is 15.3. The quantitative estimate of drug-likeness (QED) is 0.849. The molecule has 1 aromatic heterocycles. The van der Waals surface area contributed by atoms with E-state index in [-0.39, 0.29) is 0 Å². The largest absolute Gasteiger partial charge is 0.380 e. The van der Waals surface area contributed by atoms with E-state index in [0.717, 1.165) is 17.5 Å². The number of nitrogens with zero attached hydrogens (tertiary/aromatic N) is 2. The number of hydrogen-bond acceptors (Lipinski definition) is 2. The van der Waals surface area contributed by atoms with E-state index in [1.807, 2.05) is 23.1 Å². The molecule has 0 radical (unpaired) electrons. The van der Waals surface area contributed by atoms with Crippen LogP contribution in [0, 0.1) is 11.8 Å². The Morgan fingerprint density at radius 1 is 1.21 bits per heavy atom. The molecule has 1 N–H and O–H groups in total. The van der Waals surface area contributed by atoms with Crippen molar-refractivity contribution in [2.75, 3.05) is 5.32 Å². The molecule has 19 heavy (non-hydrogen) atoms. The van der Waals surface area contributed by atoms with Crippen LogP contribution in [-0.2, 0) is 0 Å². The van der Waals surface area contributed by atoms with Crippen LogP contribution in [0.3, 0.4) is 0 Å². The van der Waals surface area contributed by atoms with Gasteiger partial charge in [-0.3, -0.25) is 0 Å². The van der Waals surface area contributed by atoms with E-state index in [4.69, 9.17) is 0 Å². The Labute approximate surface area is 112 Å². The van der Waals surface area contributed by atoms with Crippen LogP contribution in [0.5, 0.6) is 0 Å². The van der Waals surface area contributed by atoms with E-state index in [2.05, 4.69) is 46.8 Å². The minimum absolute atomic E-state index is 0.584. The number of benzene rings is 1. The van der Waals surface area contributed by atoms with Gasteiger partial charge in [-0.15, -0.1) is 0 Å². The average Bonchev–Trinajstić information content (AvgIpc) is 3.06. The molecule has 3 atom stereocenters. The second kappa shape index (κ2) is 4.26. The van der Waals surface area contributed by atoms with Gasteiger partial charge in [-0.1, -0.05) is 24.3 Å². The normalized spacial score (nSPS) is 27.9. The van der Waals surface area contributed by atoms with Crippen LogP contribution in [0.2, 0.25) is 0 Å². The van der Waals surface area contributed by atoms with E-state index in [1.165, 1.54) is 18.5 Å². The van der Waals surface area contributed by atoms with E-state index in [0.29, 0.717) is 6.04 Å². The van der Waals surface area contributed by atoms with Crippen molar-refractivity contribution >= 4 is 5.69 Å². The lowest BCUT2D eigenvalue weighted by Crippen LogP contribution is -2.43. The molecule has 96 valence electrons. The van der Waals surface area contributed by atoms with E-state index < -0.39 is 0 Å². The lowest BCUT2D eigenvalue weighted by atomic mass is 9.71. The Morgan fingerprint density at radius 3 is 3.00 bits per heavy atom. The summed E-state index contributed by atoms with van der Waals surface area (Å²) >= 11 is 0. The van der Waals surface area contributed by atoms with Gasteiger partial charge in [-0.2, -0.15) is 5.10 Å². The maximum atomic E-state index is 4.33. The number of anilines is 1. The molecule has 0 spiro atoms. The zero-order valence-corrected chi connectivity index (χ0v) is 10.7. The first kappa shape index (κ1) is 10.9. The molecule has 3 unspecified atom stereocenters. The van der Waals surface area contributed by atoms with E-state index >= 15 is 0 Å². The number of rotatable bonds is 3. The molecule has 0 bridgehead atoms. The fourth-order valence-corrected chi connectivity index (χ4v) is 3.29. The first-order chi connectivity index (χ1) is 9.42. The summed E-state index contributed by atoms with van der Waals surface area (Å²) in [6, 6.07) is 10.9. The van der Waals surface area contributed by atoms with Gasteiger partial charge in [0, 0.05) is 24.4 Å². The summed E-state index contributed by atoms with van der Waals surface area (Å²) in [5, 5.41) is 8.02. The molecule has 2 aromatic rings. The predicted molar refractivity (Wildman–Crippen MR) is 76.3 cm³/mol. The molecule has 1 heterocycles. The second-order valence-corrected chi connectivity index (χ2v) is 5.46. The Morgan fingerprint density at radius 2 is 2.16 bits per heavy atom. The van der Waals surface area contributed by atoms with Gasteiger partial charge in [-0.05, 0) is 37.0 Å². The topological polar surface area (TPSA) is 29.9 Å². The Hall–Kier alpha value is -2.03. The molecule has 2 aliphatic rings. The third-order valence-electron chi connectivity index (χ3n) is 4.36. The maximum absolute atomic E-state index is 4.33. The van der Waals surface area contributed by atoms with Crippen LogP contribution in [0.4, 0.5) is 5.69 Å². The van der Waals surface area contributed by atoms with Crippen molar-refractivity contribution in [3.63, 3.8) is 0 Å². The second-order valence-electron chi connectivity index (χ2n) is 5.46. The van der Waals surface area contributed by atoms with Gasteiger partial charge in [0.2, 0.25) is 0 Å². The van der Waals surface area contributed by atoms with Gasteiger partial charge in [0.05, 0.1) is 11.4 Å². The zero-order chi connectivity index (χ0) is 12.7. The van der Waals surface area contributed by atoms with Crippen LogP contribution in [0.1, 0.15) is 12.8 Å². The van der Waals surface area contributed by atoms with Gasteiger partial charge < -0.3 is 5.32 Å². The van der Waals surface area contributed by atoms with Crippen LogP contribution in [0.25, 0.3) is 5.69 Å². The fourth-order valence-electron chi connectivity index (χ4n) is 3.29. The molecule has 0 amide bonds. The van der Waals surface area contributed by atoms with Gasteiger partial charge in [0.1, 0.15) is 0 Å². The molecule has 2 aliphatic carbocycles. The molecule has 3 heteroatoms. The Kier molecular flexibility index (Phi) is 2.44. The molecule has 4 rings (SSSR count). The molecule has 1 saturated carbocycles. The molecule has 1 aromatic carbocycles. The summed E-state index contributed by atoms with van der Waals surface area (Å²) in [5.41, 5.74) is 2.30. The van der Waals surface area contributed by atoms with Crippen molar-refractivity contribution in [2.24, 2.45) is 11.8 Å². The number of aromatic nitrogens is 2. The van der Waals surface area contributed by atoms with E-state index in [9.17, 15) is 0 Å². The van der Waals surface area contributed by atoms with Gasteiger partial charge in [0.25, 0.3) is 0 Å². The molecule has 3 nitrogen and oxygen atoms in total. The maximum Gasteiger partial charge on any atom is 0.0876 e. The summed E-state index contributed by atoms with van der Waals surface area (Å²) < 4.78 is 1.92. The number of fused-ring (bicyclic) bond motifs is 1. The van der Waals surface area contributed by atoms with Crippen LogP contribution in [0.15, 0.2) is 54.9 Å². The lowest BCUT2D eigenvalue weighted by Gasteiger charge is -2.41. The SMILES string of the molecule is C1=CC2C(C1)CC2Nc1ccccc1-n1cccn1. The minimum atomic E-state index is 0.584. The van der Waals surface area contributed by atoms with Crippen molar-refractivity contribution in [3.8, 4) is 5.69 Å². The molecular weight excluding hydrogens is 234 g/mol. The van der Waals surface area contributed by atoms with Crippen molar-refractivity contribution in [3.05, 3.63) is 54.9 Å². The number of allylic oxidation sites excluding steroid dienone is 1. The number of nitrogens with one attached hydrogen (secondary N) is 1. The highest BCUT2D eigenvalue weighted by Crippen LogP contribution is 2.44. The summed E-state index contributed by atoms with van der Waals surface area (Å²) in [4.78, 5) is 0. The monoisotopic (exact) mass is 251 g/mol. The molecule has 1 fully saturated rings. The standard InChI is InChI=1S/C16H17N3/c1-2-8-16(19-10-4-9-17-19)14(7-1)18-15-11-12-5-3-6-13(12)15/h1-4,6-10,12-13,15,18H,5,11H2. The highest BCUT2D eigenvalue weighted by Gasteiger charge is 2.41. The van der Waals surface area contributed by atoms with Crippen LogP contribution in [-0.4, -0.2) is 15.8 Å². The van der Waals surface area contributed by atoms with Gasteiger partial charge in [0.15, 0.2) is 0 Å². The lowest BCUT2D eigenvalue weighted by molar-refractivity contribution is 0.218. The van der Waals surface area contributed by atoms with Crippen molar-refractivity contribution in [1.29, 1.82) is 0 Å². The van der Waals surface area contributed by atoms with Gasteiger partial charge >= 0.3 is 0 Å². The third kappa shape index (κ3) is 1.77. The number of para-hydroxylation sites is 2. The first-order valence-corrected chi connectivity index (χ1v) is 6.94. The van der Waals surface area contributed by atoms with Crippen LogP contribution < -0.4 is 5.32 Å². The molecule has 0 saturated heterocycles. The zero-order valence-electron chi connectivity index (χ0n) is 10.7. The third-order valence-corrected chi connectivity index (χ3v) is 4.36. The summed E-state index contributed by atoms with van der Waals surface area (Å²) in [5.74, 6) is 1.61. The Balaban J connectivity index is 1.60. The first-order valence-electron chi connectivity index (χ1n) is 6.94.